The molecule has 39 heavy (non-hydrogen) atoms. The van der Waals surface area contributed by atoms with Gasteiger partial charge in [0.15, 0.2) is 11.6 Å². The van der Waals surface area contributed by atoms with Crippen LogP contribution in [0.5, 0.6) is 0 Å². The number of carbonyl (C=O) groups excluding carboxylic acids is 2. The van der Waals surface area contributed by atoms with Crippen LogP contribution in [0.15, 0.2) is 23.3 Å². The van der Waals surface area contributed by atoms with Crippen LogP contribution in [0.2, 0.25) is 0 Å². The number of halogens is 3. The van der Waals surface area contributed by atoms with Gasteiger partial charge >= 0.3 is 13.8 Å². The van der Waals surface area contributed by atoms with Crippen LogP contribution in [-0.2, 0) is 14.2 Å². The van der Waals surface area contributed by atoms with Crippen molar-refractivity contribution in [3.8, 4) is 0 Å². The molecule has 9 heteroatoms. The van der Waals surface area contributed by atoms with Crippen LogP contribution in [0.3, 0.4) is 0 Å². The summed E-state index contributed by atoms with van der Waals surface area (Å²) in [5.74, 6) is -2.68. The molecule has 3 fully saturated rings. The molecule has 0 aromatic heterocycles. The van der Waals surface area contributed by atoms with E-state index >= 15 is 0 Å². The Morgan fingerprint density at radius 3 is 2.08 bits per heavy atom. The molecule has 3 saturated carbocycles. The lowest BCUT2D eigenvalue weighted by molar-refractivity contribution is -0.157. The zero-order chi connectivity index (χ0) is 29.4. The van der Waals surface area contributed by atoms with E-state index in [0.717, 1.165) is 6.08 Å². The molecule has 0 amide bonds. The Hall–Kier alpha value is -1.24. The molecule has 0 aliphatic heterocycles. The lowest BCUT2D eigenvalue weighted by Gasteiger charge is -2.69. The first-order chi connectivity index (χ1) is 17.5. The molecule has 2 N–H and O–H groups in total. The van der Waals surface area contributed by atoms with Gasteiger partial charge in [0.2, 0.25) is 0 Å². The van der Waals surface area contributed by atoms with Crippen molar-refractivity contribution in [3.63, 3.8) is 0 Å². The molecule has 0 unspecified atom stereocenters. The van der Waals surface area contributed by atoms with Crippen LogP contribution in [0.4, 0.5) is 13.2 Å². The standard InChI is InChI=1S/C30H42F3O5P/c1-24(2)10-12-29(39(36,37)38)13-11-28(7)22(17(29)15-24)19(34)14-21-26(5)16-18(30(31,32)33)23(35)25(3,4)20(26)8-9-27(21,28)6/h14,16-17,20,22H,8-13,15H2,1-7H3,(H2,36,37,38)/t17-,20-,22-,26-,27+,28+,29-/m0/s1. The van der Waals surface area contributed by atoms with Gasteiger partial charge in [0.25, 0.3) is 0 Å². The minimum absolute atomic E-state index is 0.186. The molecule has 0 radical (unpaired) electrons. The summed E-state index contributed by atoms with van der Waals surface area (Å²) in [7, 11) is -4.56. The van der Waals surface area contributed by atoms with Crippen LogP contribution >= 0.6 is 7.60 Å². The molecule has 0 spiro atoms. The van der Waals surface area contributed by atoms with Gasteiger partial charge in [-0.2, -0.15) is 13.2 Å². The van der Waals surface area contributed by atoms with Crippen LogP contribution in [0.1, 0.15) is 93.4 Å². The third kappa shape index (κ3) is 3.62. The van der Waals surface area contributed by atoms with Gasteiger partial charge in [0.05, 0.1) is 10.7 Å². The number of hydrogen-bond donors (Lipinski definition) is 2. The molecule has 218 valence electrons. The fourth-order valence-corrected chi connectivity index (χ4v) is 11.7. The number of fused-ring (bicyclic) bond motifs is 7. The molecule has 0 aromatic rings. The van der Waals surface area contributed by atoms with Crippen molar-refractivity contribution in [1.82, 2.24) is 0 Å². The third-order valence-electron chi connectivity index (χ3n) is 12.6. The van der Waals surface area contributed by atoms with Crippen molar-refractivity contribution >= 4 is 19.2 Å². The molecule has 7 atom stereocenters. The molecular formula is C30H42F3O5P. The Kier molecular flexibility index (Phi) is 5.99. The van der Waals surface area contributed by atoms with Crippen molar-refractivity contribution in [3.05, 3.63) is 23.3 Å². The topological polar surface area (TPSA) is 91.7 Å². The van der Waals surface area contributed by atoms with Crippen molar-refractivity contribution in [2.75, 3.05) is 0 Å². The van der Waals surface area contributed by atoms with Crippen LogP contribution in [0.25, 0.3) is 0 Å². The molecule has 0 saturated heterocycles. The summed E-state index contributed by atoms with van der Waals surface area (Å²) in [6.07, 6.45) is 1.20. The predicted octanol–water partition coefficient (Wildman–Crippen LogP) is 7.17. The summed E-state index contributed by atoms with van der Waals surface area (Å²) < 4.78 is 55.6. The van der Waals surface area contributed by atoms with Crippen molar-refractivity contribution in [1.29, 1.82) is 0 Å². The smallest absolute Gasteiger partial charge is 0.324 e. The Labute approximate surface area is 229 Å². The monoisotopic (exact) mass is 570 g/mol. The summed E-state index contributed by atoms with van der Waals surface area (Å²) in [5.41, 5.74) is -4.44. The number of alkyl halides is 3. The molecule has 5 nitrogen and oxygen atoms in total. The molecule has 5 aliphatic carbocycles. The van der Waals surface area contributed by atoms with E-state index in [2.05, 4.69) is 13.8 Å². The maximum atomic E-state index is 14.2. The van der Waals surface area contributed by atoms with Gasteiger partial charge in [-0.3, -0.25) is 14.2 Å². The first kappa shape index (κ1) is 29.3. The molecule has 0 aromatic carbocycles. The normalized spacial score (nSPS) is 45.3. The zero-order valence-corrected chi connectivity index (χ0v) is 24.9. The van der Waals surface area contributed by atoms with Crippen LogP contribution in [0, 0.1) is 44.8 Å². The molecule has 0 heterocycles. The second-order valence-electron chi connectivity index (χ2n) is 15.3. The number of allylic oxidation sites excluding steroid dienone is 4. The first-order valence-corrected chi connectivity index (χ1v) is 15.8. The molecule has 5 aliphatic rings. The van der Waals surface area contributed by atoms with Crippen LogP contribution < -0.4 is 0 Å². The van der Waals surface area contributed by atoms with Crippen molar-refractivity contribution in [2.24, 2.45) is 44.8 Å². The average molecular weight is 571 g/mol. The van der Waals surface area contributed by atoms with E-state index < -0.39 is 69.7 Å². The second-order valence-corrected chi connectivity index (χ2v) is 17.3. The summed E-state index contributed by atoms with van der Waals surface area (Å²) >= 11 is 0. The summed E-state index contributed by atoms with van der Waals surface area (Å²) in [4.78, 5) is 48.7. The highest BCUT2D eigenvalue weighted by atomic mass is 31.2. The highest BCUT2D eigenvalue weighted by Gasteiger charge is 2.72. The van der Waals surface area contributed by atoms with E-state index in [1.165, 1.54) is 6.08 Å². The average Bonchev–Trinajstić information content (AvgIpc) is 2.76. The highest BCUT2D eigenvalue weighted by molar-refractivity contribution is 7.53. The van der Waals surface area contributed by atoms with E-state index in [1.807, 2.05) is 13.8 Å². The van der Waals surface area contributed by atoms with Gasteiger partial charge in [-0.05, 0) is 79.1 Å². The summed E-state index contributed by atoms with van der Waals surface area (Å²) in [6.45, 7) is 13.2. The summed E-state index contributed by atoms with van der Waals surface area (Å²) in [5, 5.41) is -1.26. The zero-order valence-electron chi connectivity index (χ0n) is 24.0. The Bertz CT molecular complexity index is 1260. The van der Waals surface area contributed by atoms with E-state index in [-0.39, 0.29) is 17.6 Å². The maximum absolute atomic E-state index is 14.2. The number of rotatable bonds is 1. The van der Waals surface area contributed by atoms with Crippen LogP contribution in [-0.4, -0.2) is 32.7 Å². The van der Waals surface area contributed by atoms with E-state index in [9.17, 15) is 37.1 Å². The number of hydrogen-bond acceptors (Lipinski definition) is 3. The van der Waals surface area contributed by atoms with Gasteiger partial charge in [-0.1, -0.05) is 60.1 Å². The van der Waals surface area contributed by atoms with Gasteiger partial charge in [-0.15, -0.1) is 0 Å². The Balaban J connectivity index is 1.73. The van der Waals surface area contributed by atoms with E-state index in [1.54, 1.807) is 20.8 Å². The predicted molar refractivity (Wildman–Crippen MR) is 142 cm³/mol. The third-order valence-corrected chi connectivity index (χ3v) is 14.5. The van der Waals surface area contributed by atoms with Gasteiger partial charge in [0, 0.05) is 16.7 Å². The summed E-state index contributed by atoms with van der Waals surface area (Å²) in [6, 6.07) is 0. The van der Waals surface area contributed by atoms with Crippen molar-refractivity contribution in [2.45, 2.75) is 105 Å². The van der Waals surface area contributed by atoms with E-state index in [4.69, 9.17) is 0 Å². The van der Waals surface area contributed by atoms with E-state index in [0.29, 0.717) is 44.1 Å². The second kappa shape index (κ2) is 7.98. The van der Waals surface area contributed by atoms with Gasteiger partial charge < -0.3 is 9.79 Å². The first-order valence-electron chi connectivity index (χ1n) is 14.2. The lowest BCUT2D eigenvalue weighted by Crippen LogP contribution is -2.66. The van der Waals surface area contributed by atoms with Crippen molar-refractivity contribution < 1.29 is 37.1 Å². The Morgan fingerprint density at radius 2 is 1.51 bits per heavy atom. The quantitative estimate of drug-likeness (QED) is 0.326. The van der Waals surface area contributed by atoms with Gasteiger partial charge in [-0.25, -0.2) is 0 Å². The largest absolute Gasteiger partial charge is 0.419 e. The fourth-order valence-electron chi connectivity index (χ4n) is 10.2. The number of Topliss-reactive ketones (excluding diaryl/α,β-unsaturated/α-hetero) is 1. The fraction of sp³-hybridized carbons (Fsp3) is 0.800. The maximum Gasteiger partial charge on any atom is 0.419 e. The number of carbonyl (C=O) groups is 2. The number of ketones is 2. The SMILES string of the molecule is CC1(C)CC[C@]2(P(=O)(O)O)CC[C@]3(C)[C@H](C(=O)C=C4[C@@]5(C)C=C(C(F)(F)F)C(=O)C(C)(C)[C@@H]5CC[C@]43C)[C@@H]2C1. The molecular weight excluding hydrogens is 528 g/mol. The lowest BCUT2D eigenvalue weighted by atomic mass is 9.35. The minimum Gasteiger partial charge on any atom is -0.324 e. The highest BCUT2D eigenvalue weighted by Crippen LogP contribution is 2.77. The van der Waals surface area contributed by atoms with Gasteiger partial charge in [0.1, 0.15) is 0 Å². The Morgan fingerprint density at radius 1 is 0.923 bits per heavy atom. The molecule has 0 bridgehead atoms. The molecule has 5 rings (SSSR count). The minimum atomic E-state index is -4.80.